The van der Waals surface area contributed by atoms with Crippen molar-refractivity contribution < 1.29 is 22.4 Å². The lowest BCUT2D eigenvalue weighted by atomic mass is 10.0. The van der Waals surface area contributed by atoms with Gasteiger partial charge in [-0.2, -0.15) is 5.10 Å². The van der Waals surface area contributed by atoms with Crippen molar-refractivity contribution in [1.82, 2.24) is 15.2 Å². The number of nitrogens with zero attached hydrogens (tertiary/aromatic N) is 2. The van der Waals surface area contributed by atoms with Gasteiger partial charge in [0, 0.05) is 17.5 Å². The van der Waals surface area contributed by atoms with Crippen LogP contribution in [-0.4, -0.2) is 21.1 Å². The number of pyridine rings is 1. The number of amides is 1. The fraction of sp³-hybridized carbons (Fsp3) is 0.0500. The van der Waals surface area contributed by atoms with Crippen LogP contribution >= 0.6 is 0 Å². The second kappa shape index (κ2) is 7.34. The van der Waals surface area contributed by atoms with E-state index < -0.39 is 34.9 Å². The summed E-state index contributed by atoms with van der Waals surface area (Å²) in [6.07, 6.45) is 0.980. The molecule has 2 N–H and O–H groups in total. The number of benzene rings is 2. The molecule has 1 amide bonds. The Bertz CT molecular complexity index is 1220. The molecule has 0 fully saturated rings. The van der Waals surface area contributed by atoms with Crippen LogP contribution in [0.4, 0.5) is 23.4 Å². The molecule has 0 radical (unpaired) electrons. The zero-order valence-electron chi connectivity index (χ0n) is 14.6. The van der Waals surface area contributed by atoms with E-state index in [0.29, 0.717) is 28.1 Å². The molecule has 146 valence electrons. The first kappa shape index (κ1) is 18.6. The molecule has 0 spiro atoms. The van der Waals surface area contributed by atoms with Crippen LogP contribution in [0.1, 0.15) is 21.6 Å². The highest BCUT2D eigenvalue weighted by molar-refractivity contribution is 6.07. The minimum absolute atomic E-state index is 0.114. The minimum atomic E-state index is -1.10. The van der Waals surface area contributed by atoms with E-state index >= 15 is 0 Å². The van der Waals surface area contributed by atoms with Gasteiger partial charge >= 0.3 is 0 Å². The molecule has 0 saturated heterocycles. The highest BCUT2D eigenvalue weighted by atomic mass is 19.1. The maximum Gasteiger partial charge on any atom is 0.278 e. The highest BCUT2D eigenvalue weighted by Gasteiger charge is 2.17. The van der Waals surface area contributed by atoms with Gasteiger partial charge in [-0.1, -0.05) is 6.07 Å². The number of hydrogen-bond donors (Lipinski definition) is 2. The number of hydrogen-bond acceptors (Lipinski definition) is 3. The van der Waals surface area contributed by atoms with E-state index in [1.807, 2.05) is 0 Å². The predicted molar refractivity (Wildman–Crippen MR) is 97.4 cm³/mol. The minimum Gasteiger partial charge on any atom is -0.303 e. The number of aromatic amines is 1. The van der Waals surface area contributed by atoms with Crippen molar-refractivity contribution in [2.45, 2.75) is 6.42 Å². The topological polar surface area (TPSA) is 70.7 Å². The van der Waals surface area contributed by atoms with Gasteiger partial charge < -0.3 is 5.32 Å². The largest absolute Gasteiger partial charge is 0.303 e. The summed E-state index contributed by atoms with van der Waals surface area (Å²) in [7, 11) is 0. The maximum atomic E-state index is 13.8. The fourth-order valence-corrected chi connectivity index (χ4v) is 2.96. The zero-order valence-corrected chi connectivity index (χ0v) is 14.6. The van der Waals surface area contributed by atoms with Crippen molar-refractivity contribution in [3.05, 3.63) is 88.8 Å². The molecule has 5 nitrogen and oxygen atoms in total. The monoisotopic (exact) mass is 400 g/mol. The van der Waals surface area contributed by atoms with Gasteiger partial charge in [0.25, 0.3) is 5.91 Å². The molecule has 0 aliphatic carbocycles. The second-order valence-electron chi connectivity index (χ2n) is 6.34. The maximum absolute atomic E-state index is 13.8. The first-order chi connectivity index (χ1) is 13.9. The van der Waals surface area contributed by atoms with Crippen molar-refractivity contribution in [3.63, 3.8) is 0 Å². The van der Waals surface area contributed by atoms with Crippen LogP contribution in [0.5, 0.6) is 0 Å². The Hall–Kier alpha value is -3.75. The number of aromatic nitrogens is 3. The Kier molecular flexibility index (Phi) is 4.71. The van der Waals surface area contributed by atoms with Crippen molar-refractivity contribution in [1.29, 1.82) is 0 Å². The van der Waals surface area contributed by atoms with E-state index in [2.05, 4.69) is 20.5 Å². The van der Waals surface area contributed by atoms with Gasteiger partial charge in [-0.25, -0.2) is 22.5 Å². The number of carbonyl (C=O) groups is 1. The normalized spacial score (nSPS) is 11.0. The van der Waals surface area contributed by atoms with E-state index in [1.54, 1.807) is 18.2 Å². The molecule has 2 heterocycles. The van der Waals surface area contributed by atoms with E-state index in [0.717, 1.165) is 12.3 Å². The first-order valence-corrected chi connectivity index (χ1v) is 8.43. The van der Waals surface area contributed by atoms with Gasteiger partial charge in [-0.15, -0.1) is 0 Å². The van der Waals surface area contributed by atoms with Crippen LogP contribution in [0.15, 0.2) is 48.7 Å². The molecule has 0 atom stereocenters. The van der Waals surface area contributed by atoms with Crippen LogP contribution in [0.25, 0.3) is 10.9 Å². The third-order valence-electron chi connectivity index (χ3n) is 4.21. The molecule has 0 unspecified atom stereocenters. The Labute approximate surface area is 161 Å². The number of H-pyrrole nitrogens is 1. The van der Waals surface area contributed by atoms with Crippen LogP contribution in [0.2, 0.25) is 0 Å². The van der Waals surface area contributed by atoms with Gasteiger partial charge in [0.15, 0.2) is 17.3 Å². The summed E-state index contributed by atoms with van der Waals surface area (Å²) in [5.74, 6) is -4.13. The lowest BCUT2D eigenvalue weighted by Crippen LogP contribution is -2.16. The number of nitrogens with one attached hydrogen (secondary N) is 2. The summed E-state index contributed by atoms with van der Waals surface area (Å²) in [6, 6.07) is 8.93. The van der Waals surface area contributed by atoms with Crippen LogP contribution in [0.3, 0.4) is 0 Å². The molecule has 4 rings (SSSR count). The molecule has 0 aliphatic heterocycles. The van der Waals surface area contributed by atoms with E-state index in [9.17, 15) is 22.4 Å². The summed E-state index contributed by atoms with van der Waals surface area (Å²) in [4.78, 5) is 15.7. The molecular formula is C20H12F4N4O. The Morgan fingerprint density at radius 1 is 0.931 bits per heavy atom. The molecule has 2 aromatic carbocycles. The number of anilines is 1. The van der Waals surface area contributed by atoms with Gasteiger partial charge in [0.05, 0.1) is 11.7 Å². The van der Waals surface area contributed by atoms with E-state index in [-0.39, 0.29) is 12.2 Å². The molecule has 0 bridgehead atoms. The SMILES string of the molecule is O=C(Nc1n[nH]c2ccc(Cc3cc(F)cc(F)c3)cc12)c1ncc(F)cc1F. The van der Waals surface area contributed by atoms with Crippen molar-refractivity contribution in [2.24, 2.45) is 0 Å². The average Bonchev–Trinajstić information content (AvgIpc) is 3.03. The second-order valence-corrected chi connectivity index (χ2v) is 6.34. The Morgan fingerprint density at radius 3 is 2.41 bits per heavy atom. The number of fused-ring (bicyclic) bond motifs is 1. The lowest BCUT2D eigenvalue weighted by molar-refractivity contribution is 0.101. The lowest BCUT2D eigenvalue weighted by Gasteiger charge is -2.05. The van der Waals surface area contributed by atoms with Crippen LogP contribution in [0, 0.1) is 23.3 Å². The van der Waals surface area contributed by atoms with Gasteiger partial charge in [0.1, 0.15) is 17.5 Å². The molecular weight excluding hydrogens is 388 g/mol. The summed E-state index contributed by atoms with van der Waals surface area (Å²) in [5.41, 5.74) is 1.16. The van der Waals surface area contributed by atoms with E-state index in [4.69, 9.17) is 0 Å². The van der Waals surface area contributed by atoms with Crippen LogP contribution in [-0.2, 0) is 6.42 Å². The quantitative estimate of drug-likeness (QED) is 0.500. The Morgan fingerprint density at radius 2 is 1.69 bits per heavy atom. The van der Waals surface area contributed by atoms with Gasteiger partial charge in [-0.3, -0.25) is 9.89 Å². The van der Waals surface area contributed by atoms with Gasteiger partial charge in [-0.05, 0) is 41.8 Å². The predicted octanol–water partition coefficient (Wildman–Crippen LogP) is 4.36. The zero-order chi connectivity index (χ0) is 20.5. The standard InChI is InChI=1S/C20H12F4N4O/c21-12-4-11(5-13(22)7-12)3-10-1-2-17-15(6-10)19(28-27-17)26-20(29)18-16(24)8-14(23)9-25-18/h1-2,4-9H,3H2,(H2,26,27,28,29). The average molecular weight is 400 g/mol. The molecule has 0 aliphatic rings. The molecule has 4 aromatic rings. The molecule has 29 heavy (non-hydrogen) atoms. The smallest absolute Gasteiger partial charge is 0.278 e. The molecule has 0 saturated carbocycles. The van der Waals surface area contributed by atoms with Crippen molar-refractivity contribution in [2.75, 3.05) is 5.32 Å². The van der Waals surface area contributed by atoms with Crippen LogP contribution < -0.4 is 5.32 Å². The Balaban J connectivity index is 1.62. The molecule has 9 heteroatoms. The highest BCUT2D eigenvalue weighted by Crippen LogP contribution is 2.24. The summed E-state index contributed by atoms with van der Waals surface area (Å²) >= 11 is 0. The van der Waals surface area contributed by atoms with Gasteiger partial charge in [0.2, 0.25) is 0 Å². The van der Waals surface area contributed by atoms with E-state index in [1.165, 1.54) is 12.1 Å². The summed E-state index contributed by atoms with van der Waals surface area (Å²) in [5, 5.41) is 9.64. The summed E-state index contributed by atoms with van der Waals surface area (Å²) < 4.78 is 53.5. The first-order valence-electron chi connectivity index (χ1n) is 8.43. The van der Waals surface area contributed by atoms with Crippen molar-refractivity contribution in [3.8, 4) is 0 Å². The fourth-order valence-electron chi connectivity index (χ4n) is 2.96. The number of carbonyl (C=O) groups excluding carboxylic acids is 1. The molecule has 2 aromatic heterocycles. The summed E-state index contributed by atoms with van der Waals surface area (Å²) in [6.45, 7) is 0. The third kappa shape index (κ3) is 3.93. The van der Waals surface area contributed by atoms with Crippen molar-refractivity contribution >= 4 is 22.6 Å². The number of halogens is 4. The third-order valence-corrected chi connectivity index (χ3v) is 4.21. The number of rotatable bonds is 4.